The van der Waals surface area contributed by atoms with Gasteiger partial charge in [0.25, 0.3) is 0 Å². The van der Waals surface area contributed by atoms with Gasteiger partial charge in [0, 0.05) is 26.1 Å². The van der Waals surface area contributed by atoms with Gasteiger partial charge >= 0.3 is 0 Å². The van der Waals surface area contributed by atoms with E-state index in [2.05, 4.69) is 26.2 Å². The predicted molar refractivity (Wildman–Crippen MR) is 114 cm³/mol. The standard InChI is InChI=1S/C21H15BrClN3O/c1-27-15-9-7-14(8-10-15)24-21-25-19-11-6-13(22)12-17(19)20(26-21)16-4-2-3-5-18(16)23/h2-12H,1H3,(H,24,25,26). The number of fused-ring (bicyclic) bond motifs is 1. The molecular weight excluding hydrogens is 426 g/mol. The van der Waals surface area contributed by atoms with Gasteiger partial charge in [-0.2, -0.15) is 0 Å². The van der Waals surface area contributed by atoms with Gasteiger partial charge in [0.05, 0.1) is 18.3 Å². The first-order valence-electron chi connectivity index (χ1n) is 8.27. The molecule has 0 atom stereocenters. The van der Waals surface area contributed by atoms with E-state index in [-0.39, 0.29) is 0 Å². The molecule has 0 radical (unpaired) electrons. The van der Waals surface area contributed by atoms with E-state index in [1.165, 1.54) is 0 Å². The number of methoxy groups -OCH3 is 1. The Kier molecular flexibility index (Phi) is 4.97. The van der Waals surface area contributed by atoms with Crippen molar-refractivity contribution in [3.8, 4) is 17.0 Å². The van der Waals surface area contributed by atoms with E-state index in [4.69, 9.17) is 21.3 Å². The third-order valence-corrected chi connectivity index (χ3v) is 4.96. The summed E-state index contributed by atoms with van der Waals surface area (Å²) < 4.78 is 6.16. The Bertz CT molecular complexity index is 1120. The van der Waals surface area contributed by atoms with Crippen LogP contribution in [0.25, 0.3) is 22.2 Å². The molecule has 3 aromatic carbocycles. The largest absolute Gasteiger partial charge is 0.497 e. The Morgan fingerprint density at radius 3 is 2.48 bits per heavy atom. The molecule has 0 fully saturated rings. The van der Waals surface area contributed by atoms with Gasteiger partial charge in [-0.15, -0.1) is 0 Å². The molecule has 0 saturated carbocycles. The monoisotopic (exact) mass is 439 g/mol. The van der Waals surface area contributed by atoms with Gasteiger partial charge < -0.3 is 10.1 Å². The third-order valence-electron chi connectivity index (χ3n) is 4.13. The predicted octanol–water partition coefficient (Wildman–Crippen LogP) is 6.46. The number of anilines is 2. The van der Waals surface area contributed by atoms with E-state index in [0.29, 0.717) is 11.0 Å². The van der Waals surface area contributed by atoms with Crippen LogP contribution in [0.5, 0.6) is 5.75 Å². The van der Waals surface area contributed by atoms with Gasteiger partial charge in [0.15, 0.2) is 0 Å². The van der Waals surface area contributed by atoms with Gasteiger partial charge in [0.1, 0.15) is 5.75 Å². The van der Waals surface area contributed by atoms with Gasteiger partial charge in [-0.1, -0.05) is 45.7 Å². The van der Waals surface area contributed by atoms with Gasteiger partial charge in [-0.3, -0.25) is 0 Å². The molecule has 134 valence electrons. The maximum atomic E-state index is 6.44. The second kappa shape index (κ2) is 7.55. The summed E-state index contributed by atoms with van der Waals surface area (Å²) in [6.07, 6.45) is 0. The first-order valence-corrected chi connectivity index (χ1v) is 9.44. The summed E-state index contributed by atoms with van der Waals surface area (Å²) in [7, 11) is 1.64. The van der Waals surface area contributed by atoms with Crippen molar-refractivity contribution in [3.63, 3.8) is 0 Å². The molecule has 27 heavy (non-hydrogen) atoms. The number of benzene rings is 3. The van der Waals surface area contributed by atoms with Crippen LogP contribution in [0.1, 0.15) is 0 Å². The Balaban J connectivity index is 1.84. The molecule has 4 nitrogen and oxygen atoms in total. The van der Waals surface area contributed by atoms with Crippen molar-refractivity contribution in [2.75, 3.05) is 12.4 Å². The number of hydrogen-bond acceptors (Lipinski definition) is 4. The Morgan fingerprint density at radius 1 is 0.963 bits per heavy atom. The van der Waals surface area contributed by atoms with E-state index in [1.807, 2.05) is 66.7 Å². The number of aromatic nitrogens is 2. The molecule has 4 rings (SSSR count). The van der Waals surface area contributed by atoms with Crippen LogP contribution in [-0.4, -0.2) is 17.1 Å². The van der Waals surface area contributed by atoms with Crippen molar-refractivity contribution in [2.45, 2.75) is 0 Å². The average Bonchev–Trinajstić information content (AvgIpc) is 2.69. The molecule has 1 N–H and O–H groups in total. The van der Waals surface area contributed by atoms with Crippen LogP contribution in [-0.2, 0) is 0 Å². The van der Waals surface area contributed by atoms with Crippen LogP contribution in [0.15, 0.2) is 71.2 Å². The lowest BCUT2D eigenvalue weighted by Crippen LogP contribution is -2.00. The molecular formula is C21H15BrClN3O. The molecule has 1 heterocycles. The normalized spacial score (nSPS) is 10.8. The number of nitrogens with one attached hydrogen (secondary N) is 1. The maximum Gasteiger partial charge on any atom is 0.228 e. The molecule has 6 heteroatoms. The minimum absolute atomic E-state index is 0.505. The van der Waals surface area contributed by atoms with Crippen LogP contribution in [0.2, 0.25) is 5.02 Å². The number of ether oxygens (including phenoxy) is 1. The summed E-state index contributed by atoms with van der Waals surface area (Å²) in [5.41, 5.74) is 3.35. The molecule has 0 aliphatic heterocycles. The zero-order valence-electron chi connectivity index (χ0n) is 14.4. The molecule has 1 aromatic heterocycles. The number of rotatable bonds is 4. The highest BCUT2D eigenvalue weighted by atomic mass is 79.9. The van der Waals surface area contributed by atoms with Crippen LogP contribution < -0.4 is 10.1 Å². The molecule has 4 aromatic rings. The first-order chi connectivity index (χ1) is 13.1. The van der Waals surface area contributed by atoms with Crippen molar-refractivity contribution in [1.82, 2.24) is 9.97 Å². The van der Waals surface area contributed by atoms with Crippen molar-refractivity contribution < 1.29 is 4.74 Å². The van der Waals surface area contributed by atoms with Crippen molar-refractivity contribution in [1.29, 1.82) is 0 Å². The van der Waals surface area contributed by atoms with Crippen LogP contribution in [0.3, 0.4) is 0 Å². The Morgan fingerprint density at radius 2 is 1.74 bits per heavy atom. The lowest BCUT2D eigenvalue weighted by molar-refractivity contribution is 0.415. The van der Waals surface area contributed by atoms with Crippen LogP contribution in [0.4, 0.5) is 11.6 Å². The highest BCUT2D eigenvalue weighted by Crippen LogP contribution is 2.34. The van der Waals surface area contributed by atoms with Crippen LogP contribution >= 0.6 is 27.5 Å². The fourth-order valence-electron chi connectivity index (χ4n) is 2.82. The van der Waals surface area contributed by atoms with Gasteiger partial charge in [0.2, 0.25) is 5.95 Å². The fraction of sp³-hybridized carbons (Fsp3) is 0.0476. The number of hydrogen-bond donors (Lipinski definition) is 1. The summed E-state index contributed by atoms with van der Waals surface area (Å²) in [4.78, 5) is 9.40. The Labute approximate surface area is 170 Å². The van der Waals surface area contributed by atoms with Crippen LogP contribution in [0, 0.1) is 0 Å². The third kappa shape index (κ3) is 3.75. The maximum absolute atomic E-state index is 6.44. The summed E-state index contributed by atoms with van der Waals surface area (Å²) in [6.45, 7) is 0. The molecule has 0 aliphatic carbocycles. The molecule has 0 spiro atoms. The first kappa shape index (κ1) is 17.8. The lowest BCUT2D eigenvalue weighted by atomic mass is 10.1. The lowest BCUT2D eigenvalue weighted by Gasteiger charge is -2.12. The quantitative estimate of drug-likeness (QED) is 0.395. The van der Waals surface area contributed by atoms with E-state index < -0.39 is 0 Å². The fourth-order valence-corrected chi connectivity index (χ4v) is 3.40. The summed E-state index contributed by atoms with van der Waals surface area (Å²) >= 11 is 9.97. The van der Waals surface area contributed by atoms with E-state index in [9.17, 15) is 0 Å². The average molecular weight is 441 g/mol. The highest BCUT2D eigenvalue weighted by Gasteiger charge is 2.13. The van der Waals surface area contributed by atoms with E-state index in [0.717, 1.165) is 38.1 Å². The number of halogens is 2. The zero-order chi connectivity index (χ0) is 18.8. The molecule has 0 aliphatic rings. The molecule has 0 amide bonds. The zero-order valence-corrected chi connectivity index (χ0v) is 16.8. The number of nitrogens with zero attached hydrogens (tertiary/aromatic N) is 2. The minimum atomic E-state index is 0.505. The Hall–Kier alpha value is -2.63. The summed E-state index contributed by atoms with van der Waals surface area (Å²) in [6, 6.07) is 21.2. The second-order valence-electron chi connectivity index (χ2n) is 5.89. The molecule has 0 bridgehead atoms. The smallest absolute Gasteiger partial charge is 0.228 e. The highest BCUT2D eigenvalue weighted by molar-refractivity contribution is 9.10. The second-order valence-corrected chi connectivity index (χ2v) is 7.21. The summed E-state index contributed by atoms with van der Waals surface area (Å²) in [5.74, 6) is 1.30. The van der Waals surface area contributed by atoms with Crippen molar-refractivity contribution in [3.05, 3.63) is 76.2 Å². The van der Waals surface area contributed by atoms with Gasteiger partial charge in [-0.05, 0) is 48.5 Å². The molecule has 0 unspecified atom stereocenters. The topological polar surface area (TPSA) is 47.0 Å². The van der Waals surface area contributed by atoms with E-state index >= 15 is 0 Å². The molecule has 0 saturated heterocycles. The van der Waals surface area contributed by atoms with Gasteiger partial charge in [-0.25, -0.2) is 9.97 Å². The van der Waals surface area contributed by atoms with E-state index in [1.54, 1.807) is 7.11 Å². The summed E-state index contributed by atoms with van der Waals surface area (Å²) in [5, 5.41) is 4.83. The van der Waals surface area contributed by atoms with Crippen molar-refractivity contribution in [2.24, 2.45) is 0 Å². The SMILES string of the molecule is COc1ccc(Nc2nc(-c3ccccc3Cl)c3cc(Br)ccc3n2)cc1. The van der Waals surface area contributed by atoms with Crippen molar-refractivity contribution >= 4 is 50.1 Å². The minimum Gasteiger partial charge on any atom is -0.497 e.